The molecule has 0 aromatic rings. The van der Waals surface area contributed by atoms with E-state index in [0.29, 0.717) is 0 Å². The van der Waals surface area contributed by atoms with Crippen LogP contribution < -0.4 is 0 Å². The first-order valence-corrected chi connectivity index (χ1v) is 3.47. The lowest BCUT2D eigenvalue weighted by atomic mass is 10.1. The highest BCUT2D eigenvalue weighted by atomic mass is 16.2. The summed E-state index contributed by atoms with van der Waals surface area (Å²) in [6, 6.07) is 0. The number of carbonyl (C=O) groups excluding carboxylic acids is 1. The summed E-state index contributed by atoms with van der Waals surface area (Å²) in [5, 5.41) is 7.20. The predicted octanol–water partition coefficient (Wildman–Crippen LogP) is 2.05. The Morgan fingerprint density at radius 2 is 1.90 bits per heavy atom. The van der Waals surface area contributed by atoms with E-state index in [-0.39, 0.29) is 5.91 Å². The first kappa shape index (κ1) is 7.12. The molecular weight excluding hydrogens is 128 g/mol. The fourth-order valence-electron chi connectivity index (χ4n) is 0.989. The van der Waals surface area contributed by atoms with E-state index >= 15 is 0 Å². The number of amides is 1. The fraction of sp³-hybridized carbons (Fsp3) is 0.571. The molecule has 1 amide bonds. The summed E-state index contributed by atoms with van der Waals surface area (Å²) in [4.78, 5) is 10.9. The maximum atomic E-state index is 10.9. The minimum absolute atomic E-state index is 0.153. The van der Waals surface area contributed by atoms with Crippen LogP contribution in [0.2, 0.25) is 0 Å². The van der Waals surface area contributed by atoms with Crippen LogP contribution in [0.3, 0.4) is 0 Å². The van der Waals surface area contributed by atoms with Crippen molar-refractivity contribution in [2.45, 2.75) is 26.7 Å². The number of rotatable bonds is 2. The standard InChI is InChI=1S/C7H10N2O/c1-3-5-6(4-2)8-9-7(5)10/h3-4H2,1-2H3. The molecule has 0 spiro atoms. The number of hydrogen-bond acceptors (Lipinski definition) is 2. The van der Waals surface area contributed by atoms with Crippen LogP contribution in [0.25, 0.3) is 0 Å². The molecule has 3 nitrogen and oxygen atoms in total. The molecule has 1 aliphatic heterocycles. The van der Waals surface area contributed by atoms with E-state index in [9.17, 15) is 4.79 Å². The Kier molecular flexibility index (Phi) is 1.94. The van der Waals surface area contributed by atoms with Gasteiger partial charge in [0.25, 0.3) is 5.91 Å². The predicted molar refractivity (Wildman–Crippen MR) is 37.5 cm³/mol. The zero-order valence-electron chi connectivity index (χ0n) is 6.22. The van der Waals surface area contributed by atoms with Crippen molar-refractivity contribution < 1.29 is 4.79 Å². The highest BCUT2D eigenvalue weighted by Gasteiger charge is 2.17. The number of carbonyl (C=O) groups is 1. The van der Waals surface area contributed by atoms with Crippen molar-refractivity contribution in [2.75, 3.05) is 0 Å². The molecule has 1 aliphatic rings. The Bertz CT molecular complexity index is 210. The number of allylic oxidation sites excluding steroid dienone is 1. The highest BCUT2D eigenvalue weighted by molar-refractivity contribution is 5.96. The van der Waals surface area contributed by atoms with Gasteiger partial charge in [0.1, 0.15) is 0 Å². The molecule has 10 heavy (non-hydrogen) atoms. The second-order valence-electron chi connectivity index (χ2n) is 2.14. The molecule has 0 N–H and O–H groups in total. The Hall–Kier alpha value is -0.990. The van der Waals surface area contributed by atoms with Crippen LogP contribution in [0.1, 0.15) is 26.7 Å². The topological polar surface area (TPSA) is 41.8 Å². The summed E-state index contributed by atoms with van der Waals surface area (Å²) in [7, 11) is 0. The molecule has 0 aromatic heterocycles. The van der Waals surface area contributed by atoms with Gasteiger partial charge in [0.2, 0.25) is 0 Å². The lowest BCUT2D eigenvalue weighted by Crippen LogP contribution is -1.93. The second kappa shape index (κ2) is 2.73. The maximum absolute atomic E-state index is 10.9. The van der Waals surface area contributed by atoms with E-state index in [1.165, 1.54) is 0 Å². The molecule has 54 valence electrons. The van der Waals surface area contributed by atoms with Gasteiger partial charge in [-0.2, -0.15) is 5.11 Å². The first-order valence-electron chi connectivity index (χ1n) is 3.47. The van der Waals surface area contributed by atoms with Crippen LogP contribution in [0, 0.1) is 0 Å². The molecule has 0 bridgehead atoms. The number of azo groups is 1. The van der Waals surface area contributed by atoms with Crippen molar-refractivity contribution >= 4 is 5.91 Å². The lowest BCUT2D eigenvalue weighted by Gasteiger charge is -1.93. The third-order valence-corrected chi connectivity index (χ3v) is 1.56. The van der Waals surface area contributed by atoms with Crippen LogP contribution in [0.5, 0.6) is 0 Å². The monoisotopic (exact) mass is 138 g/mol. The van der Waals surface area contributed by atoms with Crippen LogP contribution in [-0.2, 0) is 4.79 Å². The van der Waals surface area contributed by atoms with E-state index in [2.05, 4.69) is 10.2 Å². The molecule has 0 aliphatic carbocycles. The minimum atomic E-state index is -0.153. The Morgan fingerprint density at radius 3 is 2.30 bits per heavy atom. The quantitative estimate of drug-likeness (QED) is 0.575. The molecule has 1 heterocycles. The fourth-order valence-corrected chi connectivity index (χ4v) is 0.989. The molecular formula is C7H10N2O. The summed E-state index contributed by atoms with van der Waals surface area (Å²) in [6.07, 6.45) is 1.55. The highest BCUT2D eigenvalue weighted by Crippen LogP contribution is 2.21. The summed E-state index contributed by atoms with van der Waals surface area (Å²) in [6.45, 7) is 3.92. The van der Waals surface area contributed by atoms with Crippen molar-refractivity contribution in [3.05, 3.63) is 11.3 Å². The van der Waals surface area contributed by atoms with Crippen molar-refractivity contribution in [3.63, 3.8) is 0 Å². The van der Waals surface area contributed by atoms with Gasteiger partial charge in [0.15, 0.2) is 0 Å². The van der Waals surface area contributed by atoms with Crippen LogP contribution in [0.15, 0.2) is 21.5 Å². The van der Waals surface area contributed by atoms with E-state index in [1.807, 2.05) is 13.8 Å². The normalized spacial score (nSPS) is 17.2. The SMILES string of the molecule is CCC1=C(CC)C(=O)N=N1. The molecule has 1 rings (SSSR count). The summed E-state index contributed by atoms with van der Waals surface area (Å²) >= 11 is 0. The van der Waals surface area contributed by atoms with Crippen molar-refractivity contribution in [3.8, 4) is 0 Å². The average Bonchev–Trinajstić information content (AvgIpc) is 2.30. The van der Waals surface area contributed by atoms with Crippen LogP contribution >= 0.6 is 0 Å². The van der Waals surface area contributed by atoms with Gasteiger partial charge in [-0.1, -0.05) is 13.8 Å². The van der Waals surface area contributed by atoms with Crippen LogP contribution in [-0.4, -0.2) is 5.91 Å². The molecule has 0 atom stereocenters. The molecule has 0 saturated carbocycles. The number of hydrogen-bond donors (Lipinski definition) is 0. The second-order valence-corrected chi connectivity index (χ2v) is 2.14. The van der Waals surface area contributed by atoms with Gasteiger partial charge in [-0.05, 0) is 12.8 Å². The molecule has 0 saturated heterocycles. The largest absolute Gasteiger partial charge is 0.293 e. The molecule has 0 fully saturated rings. The van der Waals surface area contributed by atoms with Gasteiger partial charge < -0.3 is 0 Å². The average molecular weight is 138 g/mol. The van der Waals surface area contributed by atoms with Gasteiger partial charge in [-0.3, -0.25) is 4.79 Å². The zero-order chi connectivity index (χ0) is 7.56. The van der Waals surface area contributed by atoms with Crippen molar-refractivity contribution in [1.29, 1.82) is 0 Å². The van der Waals surface area contributed by atoms with E-state index in [1.54, 1.807) is 0 Å². The minimum Gasteiger partial charge on any atom is -0.265 e. The van der Waals surface area contributed by atoms with Crippen molar-refractivity contribution in [2.24, 2.45) is 10.2 Å². The summed E-state index contributed by atoms with van der Waals surface area (Å²) in [5.74, 6) is -0.153. The smallest absolute Gasteiger partial charge is 0.265 e. The van der Waals surface area contributed by atoms with Gasteiger partial charge in [-0.15, -0.1) is 5.11 Å². The summed E-state index contributed by atoms with van der Waals surface area (Å²) in [5.41, 5.74) is 1.63. The molecule has 0 aromatic carbocycles. The lowest BCUT2D eigenvalue weighted by molar-refractivity contribution is -0.114. The van der Waals surface area contributed by atoms with Crippen LogP contribution in [0.4, 0.5) is 0 Å². The van der Waals surface area contributed by atoms with E-state index in [4.69, 9.17) is 0 Å². The maximum Gasteiger partial charge on any atom is 0.293 e. The zero-order valence-corrected chi connectivity index (χ0v) is 6.22. The van der Waals surface area contributed by atoms with Gasteiger partial charge in [-0.25, -0.2) is 0 Å². The molecule has 3 heteroatoms. The van der Waals surface area contributed by atoms with E-state index < -0.39 is 0 Å². The number of nitrogens with zero attached hydrogens (tertiary/aromatic N) is 2. The molecule has 0 unspecified atom stereocenters. The third kappa shape index (κ3) is 0.988. The molecule has 0 radical (unpaired) electrons. The third-order valence-electron chi connectivity index (χ3n) is 1.56. The van der Waals surface area contributed by atoms with E-state index in [0.717, 1.165) is 24.1 Å². The van der Waals surface area contributed by atoms with Crippen molar-refractivity contribution in [1.82, 2.24) is 0 Å². The van der Waals surface area contributed by atoms with Gasteiger partial charge in [0, 0.05) is 5.57 Å². The first-order chi connectivity index (χ1) is 4.79. The Morgan fingerprint density at radius 1 is 1.20 bits per heavy atom. The van der Waals surface area contributed by atoms with Gasteiger partial charge >= 0.3 is 0 Å². The Balaban J connectivity index is 2.90. The summed E-state index contributed by atoms with van der Waals surface area (Å²) < 4.78 is 0. The Labute approximate surface area is 59.8 Å². The van der Waals surface area contributed by atoms with Gasteiger partial charge in [0.05, 0.1) is 5.70 Å².